The van der Waals surface area contributed by atoms with E-state index in [1.54, 1.807) is 13.0 Å². The predicted molar refractivity (Wildman–Crippen MR) is 89.2 cm³/mol. The number of carbonyl (C=O) groups excluding carboxylic acids is 1. The van der Waals surface area contributed by atoms with Gasteiger partial charge in [-0.05, 0) is 44.9 Å². The van der Waals surface area contributed by atoms with Crippen LogP contribution in [0, 0.1) is 13.8 Å². The second-order valence-corrected chi connectivity index (χ2v) is 7.70. The number of amides is 2. The molecule has 0 fully saturated rings. The van der Waals surface area contributed by atoms with Gasteiger partial charge in [-0.2, -0.15) is 8.42 Å². The summed E-state index contributed by atoms with van der Waals surface area (Å²) >= 11 is 0. The lowest BCUT2D eigenvalue weighted by molar-refractivity contribution is 0.0779. The molecule has 2 rings (SSSR count). The summed E-state index contributed by atoms with van der Waals surface area (Å²) in [6.07, 6.45) is 1.14. The minimum Gasteiger partial charge on any atom is -0.451 e. The van der Waals surface area contributed by atoms with Crippen molar-refractivity contribution >= 4 is 21.7 Å². The average Bonchev–Trinajstić information content (AvgIpc) is 2.92. The van der Waals surface area contributed by atoms with Crippen molar-refractivity contribution in [2.75, 3.05) is 5.32 Å². The molecule has 0 saturated carbocycles. The highest BCUT2D eigenvalue weighted by atomic mass is 32.2. The fourth-order valence-corrected chi connectivity index (χ4v) is 2.82. The van der Waals surface area contributed by atoms with Gasteiger partial charge in [0, 0.05) is 17.3 Å². The average molecular weight is 352 g/mol. The Hall–Kier alpha value is -2.32. The minimum absolute atomic E-state index is 0.290. The summed E-state index contributed by atoms with van der Waals surface area (Å²) in [5.41, 5.74) is 1.28. The molecule has 7 nitrogen and oxygen atoms in total. The molecule has 0 radical (unpaired) electrons. The van der Waals surface area contributed by atoms with Gasteiger partial charge in [-0.15, -0.1) is 0 Å². The molecule has 0 saturated heterocycles. The molecule has 1 aromatic heterocycles. The smallest absolute Gasteiger partial charge is 0.333 e. The van der Waals surface area contributed by atoms with Crippen molar-refractivity contribution in [3.8, 4) is 0 Å². The molecule has 0 aliphatic rings. The number of aliphatic hydroxyl groups is 1. The maximum absolute atomic E-state index is 12.2. The SMILES string of the molecule is Cc1ccc(C)c(NC(=O)NS(=O)(=O)c2cc(C(C)(C)O)co2)c1. The van der Waals surface area contributed by atoms with Gasteiger partial charge in [0.15, 0.2) is 0 Å². The summed E-state index contributed by atoms with van der Waals surface area (Å²) in [5.74, 6) is 0. The monoisotopic (exact) mass is 352 g/mol. The second kappa shape index (κ2) is 6.29. The molecule has 0 aliphatic carbocycles. The first-order valence-corrected chi connectivity index (χ1v) is 8.70. The van der Waals surface area contributed by atoms with Crippen LogP contribution in [0.1, 0.15) is 30.5 Å². The summed E-state index contributed by atoms with van der Waals surface area (Å²) in [5, 5.41) is 11.9. The van der Waals surface area contributed by atoms with E-state index in [1.165, 1.54) is 19.9 Å². The van der Waals surface area contributed by atoms with Crippen LogP contribution in [-0.4, -0.2) is 19.6 Å². The van der Waals surface area contributed by atoms with Crippen molar-refractivity contribution in [3.63, 3.8) is 0 Å². The van der Waals surface area contributed by atoms with E-state index in [-0.39, 0.29) is 5.56 Å². The van der Waals surface area contributed by atoms with Crippen molar-refractivity contribution < 1.29 is 22.7 Å². The van der Waals surface area contributed by atoms with E-state index in [2.05, 4.69) is 5.32 Å². The number of anilines is 1. The van der Waals surface area contributed by atoms with Crippen molar-refractivity contribution in [3.05, 3.63) is 47.2 Å². The van der Waals surface area contributed by atoms with Crippen LogP contribution in [0.15, 0.2) is 40.0 Å². The number of rotatable bonds is 4. The Morgan fingerprint density at radius 2 is 1.88 bits per heavy atom. The Labute approximate surface area is 140 Å². The molecule has 0 unspecified atom stereocenters. The maximum atomic E-state index is 12.2. The third kappa shape index (κ3) is 4.15. The lowest BCUT2D eigenvalue weighted by atomic mass is 10.0. The maximum Gasteiger partial charge on any atom is 0.333 e. The Balaban J connectivity index is 2.15. The number of hydrogen-bond acceptors (Lipinski definition) is 5. The van der Waals surface area contributed by atoms with Crippen LogP contribution in [0.4, 0.5) is 10.5 Å². The van der Waals surface area contributed by atoms with Crippen molar-refractivity contribution in [1.29, 1.82) is 0 Å². The van der Waals surface area contributed by atoms with Gasteiger partial charge in [-0.1, -0.05) is 12.1 Å². The highest BCUT2D eigenvalue weighted by molar-refractivity contribution is 7.89. The first kappa shape index (κ1) is 18.0. The van der Waals surface area contributed by atoms with Gasteiger partial charge in [0.1, 0.15) is 0 Å². The predicted octanol–water partition coefficient (Wildman–Crippen LogP) is 2.63. The van der Waals surface area contributed by atoms with Crippen LogP contribution in [0.2, 0.25) is 0 Å². The third-order valence-electron chi connectivity index (χ3n) is 3.42. The molecule has 8 heteroatoms. The van der Waals surface area contributed by atoms with E-state index in [9.17, 15) is 18.3 Å². The summed E-state index contributed by atoms with van der Waals surface area (Å²) < 4.78 is 31.2. The third-order valence-corrected chi connectivity index (χ3v) is 4.61. The number of sulfonamides is 1. The largest absolute Gasteiger partial charge is 0.451 e. The standard InChI is InChI=1S/C16H20N2O5S/c1-10-5-6-11(2)13(7-10)17-15(19)18-24(21,22)14-8-12(9-23-14)16(3,4)20/h5-9,20H,1-4H3,(H2,17,18,19). The van der Waals surface area contributed by atoms with E-state index in [1.807, 2.05) is 23.8 Å². The van der Waals surface area contributed by atoms with Crippen molar-refractivity contribution in [2.24, 2.45) is 0 Å². The molecular formula is C16H20N2O5S. The Morgan fingerprint density at radius 3 is 2.46 bits per heavy atom. The number of nitrogens with one attached hydrogen (secondary N) is 2. The first-order valence-electron chi connectivity index (χ1n) is 7.21. The number of furan rings is 1. The summed E-state index contributed by atoms with van der Waals surface area (Å²) in [6, 6.07) is 5.72. The molecule has 130 valence electrons. The number of hydrogen-bond donors (Lipinski definition) is 3. The zero-order chi connectivity index (χ0) is 18.1. The molecule has 24 heavy (non-hydrogen) atoms. The molecule has 2 amide bonds. The summed E-state index contributed by atoms with van der Waals surface area (Å²) in [6.45, 7) is 6.65. The van der Waals surface area contributed by atoms with Gasteiger partial charge in [0.05, 0.1) is 11.9 Å². The normalized spacial score (nSPS) is 12.0. The fourth-order valence-electron chi connectivity index (χ4n) is 1.97. The van der Waals surface area contributed by atoms with E-state index in [4.69, 9.17) is 4.42 Å². The van der Waals surface area contributed by atoms with E-state index >= 15 is 0 Å². The van der Waals surface area contributed by atoms with Crippen LogP contribution in [0.3, 0.4) is 0 Å². The van der Waals surface area contributed by atoms with Crippen LogP contribution in [0.5, 0.6) is 0 Å². The molecule has 1 aromatic carbocycles. The molecule has 2 aromatic rings. The Morgan fingerprint density at radius 1 is 1.21 bits per heavy atom. The van der Waals surface area contributed by atoms with Gasteiger partial charge in [-0.3, -0.25) is 0 Å². The lowest BCUT2D eigenvalue weighted by Crippen LogP contribution is -2.34. The highest BCUT2D eigenvalue weighted by Gasteiger charge is 2.26. The zero-order valence-electron chi connectivity index (χ0n) is 13.9. The Kier molecular flexibility index (Phi) is 4.73. The molecule has 3 N–H and O–H groups in total. The quantitative estimate of drug-likeness (QED) is 0.784. The van der Waals surface area contributed by atoms with Gasteiger partial charge in [-0.25, -0.2) is 9.52 Å². The van der Waals surface area contributed by atoms with E-state index in [0.29, 0.717) is 5.69 Å². The Bertz CT molecular complexity index is 863. The summed E-state index contributed by atoms with van der Waals surface area (Å²) in [7, 11) is -4.18. The molecule has 0 atom stereocenters. The molecule has 1 heterocycles. The fraction of sp³-hybridized carbons (Fsp3) is 0.312. The lowest BCUT2D eigenvalue weighted by Gasteiger charge is -2.13. The molecular weight excluding hydrogens is 332 g/mol. The number of aryl methyl sites for hydroxylation is 2. The van der Waals surface area contributed by atoms with Crippen LogP contribution >= 0.6 is 0 Å². The van der Waals surface area contributed by atoms with Gasteiger partial charge in [0.2, 0.25) is 5.09 Å². The molecule has 0 spiro atoms. The number of carbonyl (C=O) groups is 1. The molecule has 0 bridgehead atoms. The van der Waals surface area contributed by atoms with Crippen LogP contribution in [0.25, 0.3) is 0 Å². The van der Waals surface area contributed by atoms with Crippen LogP contribution < -0.4 is 10.0 Å². The van der Waals surface area contributed by atoms with Crippen molar-refractivity contribution in [1.82, 2.24) is 4.72 Å². The van der Waals surface area contributed by atoms with Gasteiger partial charge >= 0.3 is 6.03 Å². The van der Waals surface area contributed by atoms with E-state index < -0.39 is 26.7 Å². The van der Waals surface area contributed by atoms with Gasteiger partial charge in [0.25, 0.3) is 10.0 Å². The summed E-state index contributed by atoms with van der Waals surface area (Å²) in [4.78, 5) is 12.0. The minimum atomic E-state index is -4.18. The zero-order valence-corrected chi connectivity index (χ0v) is 14.7. The van der Waals surface area contributed by atoms with Crippen LogP contribution in [-0.2, 0) is 15.6 Å². The topological polar surface area (TPSA) is 109 Å². The highest BCUT2D eigenvalue weighted by Crippen LogP contribution is 2.24. The number of urea groups is 1. The van der Waals surface area contributed by atoms with Crippen molar-refractivity contribution in [2.45, 2.75) is 38.4 Å². The first-order chi connectivity index (χ1) is 11.0. The van der Waals surface area contributed by atoms with Gasteiger partial charge < -0.3 is 14.8 Å². The van der Waals surface area contributed by atoms with E-state index in [0.717, 1.165) is 17.4 Å². The number of benzene rings is 1. The second-order valence-electron chi connectivity index (χ2n) is 6.09. The molecule has 0 aliphatic heterocycles.